The van der Waals surface area contributed by atoms with Crippen LogP contribution in [0.1, 0.15) is 6.42 Å². The van der Waals surface area contributed by atoms with Crippen molar-refractivity contribution in [1.29, 1.82) is 0 Å². The molecule has 5 N–H and O–H groups in total. The predicted octanol–water partition coefficient (Wildman–Crippen LogP) is -1.57. The van der Waals surface area contributed by atoms with Crippen molar-refractivity contribution < 1.29 is 29.5 Å². The Morgan fingerprint density at radius 3 is 1.20 bits per heavy atom. The first-order valence-corrected chi connectivity index (χ1v) is 3.98. The van der Waals surface area contributed by atoms with Gasteiger partial charge in [0.05, 0.1) is 0 Å². The zero-order valence-electron chi connectivity index (χ0n) is 5.21. The Morgan fingerprint density at radius 2 is 1.20 bits per heavy atom. The Labute approximate surface area is 58.0 Å². The first-order valence-electron chi connectivity index (χ1n) is 2.42. The van der Waals surface area contributed by atoms with Crippen LogP contribution < -0.4 is 0 Å². The highest BCUT2D eigenvalue weighted by Crippen LogP contribution is 2.25. The van der Waals surface area contributed by atoms with Crippen molar-refractivity contribution in [2.45, 2.75) is 6.42 Å². The van der Waals surface area contributed by atoms with Gasteiger partial charge in [-0.25, -0.2) is 4.57 Å². The molecular weight excluding hydrogens is 163 g/mol. The third-order valence-corrected chi connectivity index (χ3v) is 0.316. The molecule has 10 heavy (non-hydrogen) atoms. The molecule has 0 aliphatic rings. The summed E-state index contributed by atoms with van der Waals surface area (Å²) in [7, 11) is -4.64. The minimum absolute atomic E-state index is 0.0938. The van der Waals surface area contributed by atoms with E-state index in [1.807, 2.05) is 0 Å². The van der Waals surface area contributed by atoms with Crippen molar-refractivity contribution >= 4 is 7.82 Å². The van der Waals surface area contributed by atoms with Crippen molar-refractivity contribution in [2.24, 2.45) is 0 Å². The van der Waals surface area contributed by atoms with Gasteiger partial charge in [-0.2, -0.15) is 0 Å². The summed E-state index contributed by atoms with van der Waals surface area (Å²) in [5.74, 6) is 0. The maximum absolute atomic E-state index is 8.88. The molecule has 0 aliphatic carbocycles. The van der Waals surface area contributed by atoms with Crippen molar-refractivity contribution in [1.82, 2.24) is 0 Å². The lowest BCUT2D eigenvalue weighted by Gasteiger charge is -1.82. The molecule has 0 aliphatic heterocycles. The molecule has 0 spiro atoms. The van der Waals surface area contributed by atoms with E-state index in [2.05, 4.69) is 0 Å². The summed E-state index contributed by atoms with van der Waals surface area (Å²) in [4.78, 5) is 21.6. The third kappa shape index (κ3) is 96.3. The fourth-order valence-corrected chi connectivity index (χ4v) is 0.0707. The van der Waals surface area contributed by atoms with E-state index in [0.29, 0.717) is 6.42 Å². The van der Waals surface area contributed by atoms with Gasteiger partial charge in [-0.1, -0.05) is 0 Å². The molecule has 0 saturated carbocycles. The summed E-state index contributed by atoms with van der Waals surface area (Å²) in [5, 5.41) is 15.8. The normalized spacial score (nSPS) is 10.1. The summed E-state index contributed by atoms with van der Waals surface area (Å²) in [6, 6.07) is 0. The minimum Gasteiger partial charge on any atom is -0.396 e. The molecule has 0 amide bonds. The second kappa shape index (κ2) is 7.14. The highest BCUT2D eigenvalue weighted by Gasteiger charge is 2.00. The summed E-state index contributed by atoms with van der Waals surface area (Å²) < 4.78 is 8.88. The summed E-state index contributed by atoms with van der Waals surface area (Å²) in [6.45, 7) is 0.188. The highest BCUT2D eigenvalue weighted by atomic mass is 31.2. The molecule has 0 unspecified atom stereocenters. The minimum atomic E-state index is -4.64. The number of phosphoric acid groups is 1. The third-order valence-electron chi connectivity index (χ3n) is 0.316. The lowest BCUT2D eigenvalue weighted by atomic mass is 10.5. The van der Waals surface area contributed by atoms with Gasteiger partial charge in [0.15, 0.2) is 0 Å². The summed E-state index contributed by atoms with van der Waals surface area (Å²) >= 11 is 0. The molecule has 0 radical (unpaired) electrons. The quantitative estimate of drug-likeness (QED) is 0.323. The van der Waals surface area contributed by atoms with Crippen LogP contribution in [0.3, 0.4) is 0 Å². The van der Waals surface area contributed by atoms with Crippen LogP contribution in [0.5, 0.6) is 0 Å². The van der Waals surface area contributed by atoms with Gasteiger partial charge < -0.3 is 24.9 Å². The highest BCUT2D eigenvalue weighted by molar-refractivity contribution is 7.45. The zero-order valence-corrected chi connectivity index (χ0v) is 6.11. The molecule has 0 fully saturated rings. The molecule has 0 atom stereocenters. The van der Waals surface area contributed by atoms with E-state index in [4.69, 9.17) is 29.5 Å². The van der Waals surface area contributed by atoms with E-state index in [9.17, 15) is 0 Å². The van der Waals surface area contributed by atoms with E-state index in [1.165, 1.54) is 0 Å². The monoisotopic (exact) mass is 174 g/mol. The molecule has 0 saturated heterocycles. The van der Waals surface area contributed by atoms with Gasteiger partial charge in [0.2, 0.25) is 0 Å². The molecule has 64 valence electrons. The molecule has 6 nitrogen and oxygen atoms in total. The molecule has 0 bridgehead atoms. The Balaban J connectivity index is 0. The van der Waals surface area contributed by atoms with Crippen LogP contribution in [0.4, 0.5) is 0 Å². The van der Waals surface area contributed by atoms with E-state index in [0.717, 1.165) is 0 Å². The zero-order chi connectivity index (χ0) is 8.62. The molecule has 7 heteroatoms. The number of hydrogen-bond acceptors (Lipinski definition) is 3. The molecule has 0 heterocycles. The second-order valence-corrected chi connectivity index (χ2v) is 2.34. The van der Waals surface area contributed by atoms with Gasteiger partial charge in [-0.3, -0.25) is 0 Å². The van der Waals surface area contributed by atoms with Crippen molar-refractivity contribution in [2.75, 3.05) is 13.2 Å². The van der Waals surface area contributed by atoms with Gasteiger partial charge in [-0.05, 0) is 6.42 Å². The van der Waals surface area contributed by atoms with Crippen LogP contribution >= 0.6 is 7.82 Å². The van der Waals surface area contributed by atoms with Gasteiger partial charge in [0, 0.05) is 13.2 Å². The van der Waals surface area contributed by atoms with Gasteiger partial charge in [-0.15, -0.1) is 0 Å². The maximum atomic E-state index is 8.88. The second-order valence-electron chi connectivity index (χ2n) is 1.31. The van der Waals surface area contributed by atoms with Crippen molar-refractivity contribution in [3.05, 3.63) is 0 Å². The molecular formula is C3H11O6P. The number of hydrogen-bond donors (Lipinski definition) is 5. The maximum Gasteiger partial charge on any atom is 0.466 e. The van der Waals surface area contributed by atoms with E-state index in [1.54, 1.807) is 0 Å². The van der Waals surface area contributed by atoms with Gasteiger partial charge in [0.1, 0.15) is 0 Å². The van der Waals surface area contributed by atoms with Gasteiger partial charge in [0.25, 0.3) is 0 Å². The first kappa shape index (κ1) is 12.7. The molecule has 0 aromatic heterocycles. The van der Waals surface area contributed by atoms with Crippen LogP contribution in [-0.4, -0.2) is 38.1 Å². The molecule has 0 aromatic carbocycles. The first-order chi connectivity index (χ1) is 4.41. The Bertz CT molecular complexity index is 86.9. The lowest BCUT2D eigenvalue weighted by Crippen LogP contribution is -1.85. The lowest BCUT2D eigenvalue weighted by molar-refractivity contribution is 0.221. The van der Waals surface area contributed by atoms with Crippen LogP contribution in [-0.2, 0) is 4.57 Å². The number of aliphatic hydroxyl groups excluding tert-OH is 2. The average molecular weight is 174 g/mol. The van der Waals surface area contributed by atoms with Crippen LogP contribution in [0.2, 0.25) is 0 Å². The fourth-order valence-electron chi connectivity index (χ4n) is 0.0707. The molecule has 0 rings (SSSR count). The SMILES string of the molecule is O=P(O)(O)O.OCCCO. The summed E-state index contributed by atoms with van der Waals surface area (Å²) in [5.41, 5.74) is 0. The Morgan fingerprint density at radius 1 is 1.00 bits per heavy atom. The van der Waals surface area contributed by atoms with Crippen LogP contribution in [0, 0.1) is 0 Å². The van der Waals surface area contributed by atoms with Crippen molar-refractivity contribution in [3.8, 4) is 0 Å². The fraction of sp³-hybridized carbons (Fsp3) is 1.00. The number of aliphatic hydroxyl groups is 2. The molecule has 0 aromatic rings. The van der Waals surface area contributed by atoms with E-state index < -0.39 is 7.82 Å². The van der Waals surface area contributed by atoms with E-state index >= 15 is 0 Å². The summed E-state index contributed by atoms with van der Waals surface area (Å²) in [6.07, 6.45) is 0.500. The topological polar surface area (TPSA) is 118 Å². The van der Waals surface area contributed by atoms with Crippen molar-refractivity contribution in [3.63, 3.8) is 0 Å². The average Bonchev–Trinajstić information content (AvgIpc) is 1.63. The van der Waals surface area contributed by atoms with Crippen LogP contribution in [0.25, 0.3) is 0 Å². The van der Waals surface area contributed by atoms with Crippen LogP contribution in [0.15, 0.2) is 0 Å². The van der Waals surface area contributed by atoms with E-state index in [-0.39, 0.29) is 13.2 Å². The number of rotatable bonds is 2. The van der Waals surface area contributed by atoms with Gasteiger partial charge >= 0.3 is 7.82 Å². The predicted molar refractivity (Wildman–Crippen MR) is 33.1 cm³/mol. The smallest absolute Gasteiger partial charge is 0.396 e. The standard InChI is InChI=1S/C3H8O2.H3O4P/c4-2-1-3-5;1-5(2,3)4/h4-5H,1-3H2;(H3,1,2,3,4). The largest absolute Gasteiger partial charge is 0.466 e. The Hall–Kier alpha value is 0.0300. The Kier molecular flexibility index (Phi) is 9.06.